The maximum absolute atomic E-state index is 13.4. The molecule has 1 aliphatic carbocycles. The van der Waals surface area contributed by atoms with Gasteiger partial charge in [0.05, 0.1) is 16.1 Å². The van der Waals surface area contributed by atoms with Gasteiger partial charge in [-0.05, 0) is 56.5 Å². The first-order valence-electron chi connectivity index (χ1n) is 12.0. The van der Waals surface area contributed by atoms with Gasteiger partial charge in [-0.15, -0.1) is 0 Å². The summed E-state index contributed by atoms with van der Waals surface area (Å²) in [5.41, 5.74) is 1.16. The number of benzene rings is 2. The Hall–Kier alpha value is -2.87. The van der Waals surface area contributed by atoms with E-state index in [1.54, 1.807) is 44.2 Å². The Morgan fingerprint density at radius 3 is 2.29 bits per heavy atom. The van der Waals surface area contributed by atoms with Crippen LogP contribution in [0.15, 0.2) is 53.4 Å². The van der Waals surface area contributed by atoms with E-state index in [1.165, 1.54) is 35.7 Å². The molecule has 0 bridgehead atoms. The molecule has 8 heteroatoms. The lowest BCUT2D eigenvalue weighted by molar-refractivity contribution is -0.125. The van der Waals surface area contributed by atoms with Crippen molar-refractivity contribution in [1.29, 1.82) is 0 Å². The molecule has 0 saturated heterocycles. The number of hydrogen-bond donors (Lipinski definition) is 1. The summed E-state index contributed by atoms with van der Waals surface area (Å²) in [6.45, 7) is 3.29. The van der Waals surface area contributed by atoms with E-state index < -0.39 is 22.6 Å². The number of carbonyl (C=O) groups is 2. The fraction of sp³-hybridized carbons (Fsp3) is 0.462. The van der Waals surface area contributed by atoms with Gasteiger partial charge < -0.3 is 10.1 Å². The SMILES string of the molecule is CCN(c1ccccc1)S(=O)(=O)c1cc(C(=O)OCC(=O)NC2CCCCCCC2)ccc1C. The van der Waals surface area contributed by atoms with Crippen LogP contribution in [-0.4, -0.2) is 39.5 Å². The first kappa shape index (κ1) is 25.7. The van der Waals surface area contributed by atoms with Gasteiger partial charge >= 0.3 is 5.97 Å². The molecule has 184 valence electrons. The fourth-order valence-corrected chi connectivity index (χ4v) is 6.02. The summed E-state index contributed by atoms with van der Waals surface area (Å²) in [6, 6.07) is 13.3. The van der Waals surface area contributed by atoms with E-state index in [0.29, 0.717) is 11.3 Å². The Kier molecular flexibility index (Phi) is 9.10. The second kappa shape index (κ2) is 12.0. The molecule has 0 spiro atoms. The molecule has 7 nitrogen and oxygen atoms in total. The van der Waals surface area contributed by atoms with E-state index in [-0.39, 0.29) is 29.0 Å². The number of aryl methyl sites for hydroxylation is 1. The molecule has 3 rings (SSSR count). The minimum absolute atomic E-state index is 0.0339. The van der Waals surface area contributed by atoms with E-state index in [0.717, 1.165) is 25.7 Å². The largest absolute Gasteiger partial charge is 0.452 e. The molecule has 1 amide bonds. The van der Waals surface area contributed by atoms with Crippen molar-refractivity contribution in [3.8, 4) is 0 Å². The van der Waals surface area contributed by atoms with Gasteiger partial charge in [0.2, 0.25) is 0 Å². The van der Waals surface area contributed by atoms with Gasteiger partial charge in [0.15, 0.2) is 6.61 Å². The predicted molar refractivity (Wildman–Crippen MR) is 132 cm³/mol. The zero-order valence-electron chi connectivity index (χ0n) is 20.0. The number of hydrogen-bond acceptors (Lipinski definition) is 5. The van der Waals surface area contributed by atoms with Gasteiger partial charge in [0.1, 0.15) is 0 Å². The minimum atomic E-state index is -3.90. The lowest BCUT2D eigenvalue weighted by Gasteiger charge is -2.24. The van der Waals surface area contributed by atoms with Crippen molar-refractivity contribution >= 4 is 27.6 Å². The molecule has 34 heavy (non-hydrogen) atoms. The number of nitrogens with zero attached hydrogens (tertiary/aromatic N) is 1. The van der Waals surface area contributed by atoms with E-state index >= 15 is 0 Å². The van der Waals surface area contributed by atoms with Crippen LogP contribution in [0, 0.1) is 6.92 Å². The van der Waals surface area contributed by atoms with Crippen LogP contribution in [-0.2, 0) is 19.6 Å². The summed E-state index contributed by atoms with van der Waals surface area (Å²) >= 11 is 0. The van der Waals surface area contributed by atoms with Crippen molar-refractivity contribution in [3.63, 3.8) is 0 Å². The van der Waals surface area contributed by atoms with Gasteiger partial charge in [-0.25, -0.2) is 13.2 Å². The number of anilines is 1. The van der Waals surface area contributed by atoms with Gasteiger partial charge in [-0.3, -0.25) is 9.10 Å². The maximum atomic E-state index is 13.4. The number of nitrogens with one attached hydrogen (secondary N) is 1. The van der Waals surface area contributed by atoms with Crippen molar-refractivity contribution in [2.45, 2.75) is 69.7 Å². The summed E-state index contributed by atoms with van der Waals surface area (Å²) < 4.78 is 33.3. The third kappa shape index (κ3) is 6.59. The van der Waals surface area contributed by atoms with Gasteiger partial charge in [0, 0.05) is 12.6 Å². The highest BCUT2D eigenvalue weighted by atomic mass is 32.2. The summed E-state index contributed by atoms with van der Waals surface area (Å²) in [6.07, 6.45) is 7.65. The molecule has 2 aromatic rings. The van der Waals surface area contributed by atoms with E-state index in [4.69, 9.17) is 4.74 Å². The molecule has 0 aliphatic heterocycles. The number of esters is 1. The molecule has 1 fully saturated rings. The Bertz CT molecular complexity index is 1080. The minimum Gasteiger partial charge on any atom is -0.452 e. The van der Waals surface area contributed by atoms with Crippen molar-refractivity contribution in [3.05, 3.63) is 59.7 Å². The molecule has 1 aliphatic rings. The average Bonchev–Trinajstić information content (AvgIpc) is 2.80. The highest BCUT2D eigenvalue weighted by Gasteiger charge is 2.27. The molecule has 1 saturated carbocycles. The van der Waals surface area contributed by atoms with Crippen LogP contribution >= 0.6 is 0 Å². The number of sulfonamides is 1. The van der Waals surface area contributed by atoms with Gasteiger partial charge in [0.25, 0.3) is 15.9 Å². The standard InChI is InChI=1S/C26H34N2O5S/c1-3-28(23-14-10-7-11-15-23)34(31,32)24-18-21(17-16-20(24)2)26(30)33-19-25(29)27-22-12-8-5-4-6-9-13-22/h7,10-11,14-18,22H,3-6,8-9,12-13,19H2,1-2H3,(H,27,29). The Morgan fingerprint density at radius 2 is 1.65 bits per heavy atom. The Balaban J connectivity index is 1.68. The molecule has 0 atom stereocenters. The highest BCUT2D eigenvalue weighted by molar-refractivity contribution is 7.92. The molecule has 0 aromatic heterocycles. The number of rotatable bonds is 8. The Labute approximate surface area is 202 Å². The normalized spacial score (nSPS) is 15.1. The van der Waals surface area contributed by atoms with Gasteiger partial charge in [-0.1, -0.05) is 56.4 Å². The zero-order chi connectivity index (χ0) is 24.6. The van der Waals surface area contributed by atoms with Crippen molar-refractivity contribution < 1.29 is 22.7 Å². The van der Waals surface area contributed by atoms with Crippen molar-refractivity contribution in [2.75, 3.05) is 17.5 Å². The molecule has 0 radical (unpaired) electrons. The van der Waals surface area contributed by atoms with E-state index in [2.05, 4.69) is 5.32 Å². The van der Waals surface area contributed by atoms with Crippen LogP contribution in [0.3, 0.4) is 0 Å². The second-order valence-corrected chi connectivity index (χ2v) is 10.5. The fourth-order valence-electron chi connectivity index (χ4n) is 4.29. The van der Waals surface area contributed by atoms with Crippen molar-refractivity contribution in [2.24, 2.45) is 0 Å². The van der Waals surface area contributed by atoms with E-state index in [1.807, 2.05) is 6.07 Å². The lowest BCUT2D eigenvalue weighted by Crippen LogP contribution is -2.38. The monoisotopic (exact) mass is 486 g/mol. The first-order chi connectivity index (χ1) is 16.3. The van der Waals surface area contributed by atoms with Crippen LogP contribution in [0.2, 0.25) is 0 Å². The first-order valence-corrected chi connectivity index (χ1v) is 13.4. The highest BCUT2D eigenvalue weighted by Crippen LogP contribution is 2.26. The number of ether oxygens (including phenoxy) is 1. The number of amides is 1. The number of para-hydroxylation sites is 1. The summed E-state index contributed by atoms with van der Waals surface area (Å²) in [4.78, 5) is 25.0. The molecule has 0 unspecified atom stereocenters. The molecule has 1 N–H and O–H groups in total. The second-order valence-electron chi connectivity index (χ2n) is 8.67. The smallest absolute Gasteiger partial charge is 0.338 e. The summed E-state index contributed by atoms with van der Waals surface area (Å²) in [7, 11) is -3.90. The zero-order valence-corrected chi connectivity index (χ0v) is 20.8. The van der Waals surface area contributed by atoms with Crippen LogP contribution < -0.4 is 9.62 Å². The predicted octanol–water partition coefficient (Wildman–Crippen LogP) is 4.60. The third-order valence-corrected chi connectivity index (χ3v) is 8.17. The topological polar surface area (TPSA) is 92.8 Å². The average molecular weight is 487 g/mol. The molecular formula is C26H34N2O5S. The lowest BCUT2D eigenvalue weighted by atomic mass is 9.97. The number of carbonyl (C=O) groups excluding carboxylic acids is 2. The summed E-state index contributed by atoms with van der Waals surface area (Å²) in [5.74, 6) is -1.06. The van der Waals surface area contributed by atoms with Crippen LogP contribution in [0.5, 0.6) is 0 Å². The van der Waals surface area contributed by atoms with E-state index in [9.17, 15) is 18.0 Å². The summed E-state index contributed by atoms with van der Waals surface area (Å²) in [5, 5.41) is 2.96. The van der Waals surface area contributed by atoms with Gasteiger partial charge in [-0.2, -0.15) is 0 Å². The molecular weight excluding hydrogens is 452 g/mol. The van der Waals surface area contributed by atoms with Crippen molar-refractivity contribution in [1.82, 2.24) is 5.32 Å². The molecule has 0 heterocycles. The quantitative estimate of drug-likeness (QED) is 0.551. The maximum Gasteiger partial charge on any atom is 0.338 e. The third-order valence-electron chi connectivity index (χ3n) is 6.13. The Morgan fingerprint density at radius 1 is 1.00 bits per heavy atom. The molecule has 2 aromatic carbocycles. The van der Waals surface area contributed by atoms with Crippen LogP contribution in [0.4, 0.5) is 5.69 Å². The van der Waals surface area contributed by atoms with Crippen LogP contribution in [0.1, 0.15) is 67.8 Å². The van der Waals surface area contributed by atoms with Crippen LogP contribution in [0.25, 0.3) is 0 Å².